The zero-order valence-corrected chi connectivity index (χ0v) is 13.8. The molecule has 126 valence electrons. The molecule has 0 N–H and O–H groups in total. The molecule has 1 aromatic carbocycles. The number of hydrogen-bond acceptors (Lipinski definition) is 7. The number of carbonyl (C=O) groups excluding carboxylic acids is 2. The number of Topliss-reactive ketones (excluding diaryl/α,β-unsaturated/α-hetero) is 1. The lowest BCUT2D eigenvalue weighted by atomic mass is 9.95. The molecule has 0 radical (unpaired) electrons. The Labute approximate surface area is 151 Å². The summed E-state index contributed by atoms with van der Waals surface area (Å²) in [5.74, 6) is -1.16. The summed E-state index contributed by atoms with van der Waals surface area (Å²) in [6.07, 6.45) is 6.12. The van der Waals surface area contributed by atoms with Gasteiger partial charge in [0, 0.05) is 22.4 Å². The maximum absolute atomic E-state index is 12.5. The first-order valence-corrected chi connectivity index (χ1v) is 7.59. The van der Waals surface area contributed by atoms with Crippen molar-refractivity contribution in [3.05, 3.63) is 73.7 Å². The summed E-state index contributed by atoms with van der Waals surface area (Å²) in [5, 5.41) is 28.6. The molecule has 0 spiro atoms. The number of ketones is 2. The normalized spacial score (nSPS) is 19.4. The predicted molar refractivity (Wildman–Crippen MR) is 95.5 cm³/mol. The van der Waals surface area contributed by atoms with Gasteiger partial charge in [0.05, 0.1) is 10.6 Å². The van der Waals surface area contributed by atoms with E-state index in [0.29, 0.717) is 10.6 Å². The summed E-state index contributed by atoms with van der Waals surface area (Å²) in [7, 11) is 0. The van der Waals surface area contributed by atoms with Crippen LogP contribution in [0.25, 0.3) is 6.08 Å². The predicted octanol–water partition coefficient (Wildman–Crippen LogP) is 3.32. The van der Waals surface area contributed by atoms with Gasteiger partial charge in [-0.1, -0.05) is 29.3 Å². The number of rotatable bonds is 2. The monoisotopic (exact) mass is 375 g/mol. The molecule has 0 unspecified atom stereocenters. The Kier molecular flexibility index (Phi) is 4.65. The number of nitrogens with zero attached hydrogens (tertiary/aromatic N) is 3. The minimum atomic E-state index is -0.687. The lowest BCUT2D eigenvalue weighted by Gasteiger charge is -2.38. The Morgan fingerprint density at radius 3 is 2.20 bits per heavy atom. The Morgan fingerprint density at radius 2 is 1.52 bits per heavy atom. The lowest BCUT2D eigenvalue weighted by Crippen LogP contribution is -2.19. The fourth-order valence-electron chi connectivity index (χ4n) is 2.21. The first-order valence-electron chi connectivity index (χ1n) is 6.83. The van der Waals surface area contributed by atoms with Crippen molar-refractivity contribution in [2.45, 2.75) is 0 Å². The van der Waals surface area contributed by atoms with Crippen molar-refractivity contribution < 1.29 is 9.59 Å². The molecule has 0 saturated heterocycles. The van der Waals surface area contributed by atoms with E-state index in [0.717, 1.165) is 12.2 Å². The first-order chi connectivity index (χ1) is 11.9. The number of fused-ring (bicyclic) bond motifs is 1. The van der Waals surface area contributed by atoms with Crippen LogP contribution < -0.4 is 0 Å². The Bertz CT molecular complexity index is 943. The van der Waals surface area contributed by atoms with Gasteiger partial charge in [0.25, 0.3) is 0 Å². The van der Waals surface area contributed by atoms with Gasteiger partial charge in [0.2, 0.25) is 11.6 Å². The number of benzene rings is 1. The van der Waals surface area contributed by atoms with Crippen molar-refractivity contribution in [2.75, 3.05) is 0 Å². The molecule has 1 aromatic rings. The summed E-state index contributed by atoms with van der Waals surface area (Å²) in [6, 6.07) is 3.08. The van der Waals surface area contributed by atoms with Gasteiger partial charge >= 0.3 is 0 Å². The highest BCUT2D eigenvalue weighted by atomic mass is 35.5. The highest BCUT2D eigenvalue weighted by Gasteiger charge is 2.24. The topological polar surface area (TPSA) is 108 Å². The molecule has 7 nitrogen and oxygen atoms in total. The smallest absolute Gasteiger partial charge is 0.215 e. The van der Waals surface area contributed by atoms with Crippen LogP contribution >= 0.6 is 23.2 Å². The van der Waals surface area contributed by atoms with Crippen LogP contribution in [0, 0.1) is 10.4 Å². The number of hydrogen-bond donors (Lipinski definition) is 0. The third-order valence-electron chi connectivity index (χ3n) is 3.43. The second-order valence-corrected chi connectivity index (χ2v) is 5.79. The molecular formula is C16H7Cl2N3O4-2. The second kappa shape index (κ2) is 6.73. The highest BCUT2D eigenvalue weighted by Crippen LogP contribution is 2.31. The Balaban J connectivity index is 1.92. The molecule has 0 aromatic heterocycles. The summed E-state index contributed by atoms with van der Waals surface area (Å²) < 4.78 is 0. The van der Waals surface area contributed by atoms with Gasteiger partial charge in [-0.2, -0.15) is 0 Å². The zero-order valence-electron chi connectivity index (χ0n) is 12.3. The Hall–Kier alpha value is -2.58. The first kappa shape index (κ1) is 17.2. The molecule has 0 fully saturated rings. The molecule has 2 aliphatic carbocycles. The van der Waals surface area contributed by atoms with Crippen LogP contribution in [-0.4, -0.2) is 28.2 Å². The van der Waals surface area contributed by atoms with Gasteiger partial charge in [-0.05, 0) is 30.4 Å². The van der Waals surface area contributed by atoms with E-state index in [4.69, 9.17) is 23.2 Å². The van der Waals surface area contributed by atoms with Crippen LogP contribution in [0.2, 0.25) is 10.0 Å². The number of allylic oxidation sites excluding steroid dienone is 4. The van der Waals surface area contributed by atoms with Crippen molar-refractivity contribution in [1.29, 1.82) is 0 Å². The van der Waals surface area contributed by atoms with Gasteiger partial charge in [-0.3, -0.25) is 9.59 Å². The van der Waals surface area contributed by atoms with E-state index in [-0.39, 0.29) is 27.7 Å². The second-order valence-electron chi connectivity index (χ2n) is 4.97. The molecule has 0 heterocycles. The van der Waals surface area contributed by atoms with Crippen molar-refractivity contribution in [2.24, 2.45) is 10.2 Å². The molecule has 0 amide bonds. The molecular weight excluding hydrogens is 369 g/mol. The minimum absolute atomic E-state index is 0.0329. The highest BCUT2D eigenvalue weighted by molar-refractivity contribution is 6.55. The maximum Gasteiger partial charge on any atom is 0.215 e. The van der Waals surface area contributed by atoms with Gasteiger partial charge < -0.3 is 15.6 Å². The molecule has 3 rings (SSSR count). The maximum atomic E-state index is 12.5. The molecule has 0 bridgehead atoms. The fourth-order valence-corrected chi connectivity index (χ4v) is 2.68. The van der Waals surface area contributed by atoms with Crippen LogP contribution in [0.15, 0.2) is 52.3 Å². The van der Waals surface area contributed by atoms with Crippen LogP contribution in [0.4, 0.5) is 0 Å². The quantitative estimate of drug-likeness (QED) is 0.581. The minimum Gasteiger partial charge on any atom is -0.769 e. The van der Waals surface area contributed by atoms with Crippen LogP contribution in [0.1, 0.15) is 15.9 Å². The zero-order chi connectivity index (χ0) is 18.1. The van der Waals surface area contributed by atoms with Crippen molar-refractivity contribution in [1.82, 2.24) is 5.23 Å². The van der Waals surface area contributed by atoms with Gasteiger partial charge in [-0.15, -0.1) is 10.2 Å². The van der Waals surface area contributed by atoms with E-state index in [1.807, 2.05) is 0 Å². The van der Waals surface area contributed by atoms with Gasteiger partial charge in [0.1, 0.15) is 11.4 Å². The van der Waals surface area contributed by atoms with Crippen LogP contribution in [0.5, 0.6) is 0 Å². The Morgan fingerprint density at radius 1 is 0.880 bits per heavy atom. The lowest BCUT2D eigenvalue weighted by molar-refractivity contribution is -0.108. The van der Waals surface area contributed by atoms with Crippen LogP contribution in [-0.2, 0) is 4.79 Å². The summed E-state index contributed by atoms with van der Waals surface area (Å²) in [5.41, 5.74) is 0.187. The molecule has 9 heteroatoms. The van der Waals surface area contributed by atoms with Crippen molar-refractivity contribution >= 4 is 52.3 Å². The van der Waals surface area contributed by atoms with E-state index in [2.05, 4.69) is 10.2 Å². The van der Waals surface area contributed by atoms with E-state index in [1.54, 1.807) is 12.1 Å². The van der Waals surface area contributed by atoms with E-state index < -0.39 is 16.8 Å². The SMILES string of the molecule is O=C1C=C(N([O-])[O-])C=CC1=NN=C1C=Cc2c(Cl)ccc(Cl)c2C1=O. The van der Waals surface area contributed by atoms with E-state index in [1.165, 1.54) is 18.2 Å². The molecule has 25 heavy (non-hydrogen) atoms. The number of carbonyl (C=O) groups is 2. The summed E-state index contributed by atoms with van der Waals surface area (Å²) in [6.45, 7) is 0. The molecule has 2 aliphatic rings. The van der Waals surface area contributed by atoms with Crippen molar-refractivity contribution in [3.63, 3.8) is 0 Å². The number of hydroxylamine groups is 2. The largest absolute Gasteiger partial charge is 0.769 e. The third kappa shape index (κ3) is 3.31. The van der Waals surface area contributed by atoms with Crippen LogP contribution in [0.3, 0.4) is 0 Å². The standard InChI is InChI=1S/C16H7Cl2N3O4/c17-10-3-4-11(18)15-9(10)2-6-13(16(15)23)20-19-12-5-1-8(21(24)25)7-14(12)22/h1-7H/q-2. The van der Waals surface area contributed by atoms with Gasteiger partial charge in [-0.25, -0.2) is 0 Å². The van der Waals surface area contributed by atoms with E-state index in [9.17, 15) is 20.0 Å². The van der Waals surface area contributed by atoms with Crippen molar-refractivity contribution in [3.8, 4) is 0 Å². The number of halogens is 2. The molecule has 0 aliphatic heterocycles. The average Bonchev–Trinajstić information content (AvgIpc) is 2.58. The summed E-state index contributed by atoms with van der Waals surface area (Å²) in [4.78, 5) is 24.3. The summed E-state index contributed by atoms with van der Waals surface area (Å²) >= 11 is 12.1. The van der Waals surface area contributed by atoms with E-state index >= 15 is 0 Å². The fraction of sp³-hybridized carbons (Fsp3) is 0. The average molecular weight is 376 g/mol. The van der Waals surface area contributed by atoms with Gasteiger partial charge in [0.15, 0.2) is 0 Å². The third-order valence-corrected chi connectivity index (χ3v) is 4.07. The molecule has 0 atom stereocenters. The molecule has 0 saturated carbocycles.